The number of nitrogens with one attached hydrogen (secondary N) is 1. The highest BCUT2D eigenvalue weighted by Crippen LogP contribution is 2.24. The first kappa shape index (κ1) is 28.5. The Bertz CT molecular complexity index is 1060. The molecule has 0 aliphatic heterocycles. The summed E-state index contributed by atoms with van der Waals surface area (Å²) in [7, 11) is 3.38. The maximum atomic E-state index is 9.42. The first-order valence-electron chi connectivity index (χ1n) is 13.2. The molecule has 0 heterocycles. The summed E-state index contributed by atoms with van der Waals surface area (Å²) in [6, 6.07) is 22.3. The van der Waals surface area contributed by atoms with Crippen LogP contribution in [0.4, 0.5) is 5.69 Å². The zero-order valence-corrected chi connectivity index (χ0v) is 22.3. The molecule has 0 fully saturated rings. The lowest BCUT2D eigenvalue weighted by molar-refractivity contribution is 0.199. The second-order valence-electron chi connectivity index (χ2n) is 9.32. The third kappa shape index (κ3) is 9.73. The van der Waals surface area contributed by atoms with Crippen LogP contribution >= 0.6 is 0 Å². The molecule has 0 saturated heterocycles. The van der Waals surface area contributed by atoms with Crippen LogP contribution in [0, 0.1) is 0 Å². The van der Waals surface area contributed by atoms with E-state index >= 15 is 0 Å². The summed E-state index contributed by atoms with van der Waals surface area (Å²) < 4.78 is 10.3. The predicted octanol–water partition coefficient (Wildman–Crippen LogP) is 4.74. The minimum Gasteiger partial charge on any atom is -0.508 e. The van der Waals surface area contributed by atoms with E-state index in [1.54, 1.807) is 20.3 Å². The maximum absolute atomic E-state index is 9.42. The molecule has 3 aromatic rings. The fraction of sp³-hybridized carbons (Fsp3) is 0.419. The quantitative estimate of drug-likeness (QED) is 0.308. The number of aliphatic hydroxyl groups is 1. The molecule has 0 saturated carbocycles. The average molecular weight is 507 g/mol. The zero-order valence-electron chi connectivity index (χ0n) is 22.3. The lowest BCUT2D eigenvalue weighted by atomic mass is 9.92. The minimum absolute atomic E-state index is 0.114. The van der Waals surface area contributed by atoms with Gasteiger partial charge < -0.3 is 29.9 Å². The summed E-state index contributed by atoms with van der Waals surface area (Å²) in [5.74, 6) is 1.23. The highest BCUT2D eigenvalue weighted by molar-refractivity contribution is 5.51. The van der Waals surface area contributed by atoms with Crippen LogP contribution in [0.5, 0.6) is 11.5 Å². The van der Waals surface area contributed by atoms with E-state index in [4.69, 9.17) is 9.47 Å². The van der Waals surface area contributed by atoms with Gasteiger partial charge in [0.2, 0.25) is 0 Å². The second-order valence-corrected chi connectivity index (χ2v) is 9.32. The summed E-state index contributed by atoms with van der Waals surface area (Å²) >= 11 is 0. The van der Waals surface area contributed by atoms with Gasteiger partial charge in [-0.2, -0.15) is 0 Å². The van der Waals surface area contributed by atoms with Gasteiger partial charge in [0, 0.05) is 38.5 Å². The summed E-state index contributed by atoms with van der Waals surface area (Å²) in [4.78, 5) is 2.16. The maximum Gasteiger partial charge on any atom is 0.120 e. The molecule has 3 N–H and O–H groups in total. The Morgan fingerprint density at radius 2 is 1.62 bits per heavy atom. The number of benzene rings is 3. The normalized spacial score (nSPS) is 12.3. The standard InChI is InChI=1S/C21H30N2O3.C10H12O/c1-25-15-12-22-11-10-18-6-8-19(9-7-18)17-23(13-14-24)20-4-3-5-21(16-20)26-2;11-10-6-5-8-3-1-2-4-9(8)7-10/h3-9,16,22,24H,10-15,17H2,1-2H3;5-7,11H,1-4H2. The van der Waals surface area contributed by atoms with Crippen LogP contribution in [0.25, 0.3) is 0 Å². The molecule has 3 aromatic carbocycles. The van der Waals surface area contributed by atoms with Crippen molar-refractivity contribution in [2.24, 2.45) is 0 Å². The molecule has 0 spiro atoms. The minimum atomic E-state index is 0.114. The van der Waals surface area contributed by atoms with E-state index in [2.05, 4.69) is 34.5 Å². The fourth-order valence-corrected chi connectivity index (χ4v) is 4.51. The van der Waals surface area contributed by atoms with Crippen LogP contribution in [-0.2, 0) is 30.5 Å². The molecule has 6 nitrogen and oxygen atoms in total. The molecule has 200 valence electrons. The first-order valence-corrected chi connectivity index (χ1v) is 13.2. The van der Waals surface area contributed by atoms with E-state index in [0.29, 0.717) is 12.3 Å². The summed E-state index contributed by atoms with van der Waals surface area (Å²) in [6.45, 7) is 4.01. The van der Waals surface area contributed by atoms with Gasteiger partial charge in [-0.05, 0) is 85.2 Å². The Kier molecular flexibility index (Phi) is 12.3. The third-order valence-electron chi connectivity index (χ3n) is 6.59. The van der Waals surface area contributed by atoms with E-state index in [1.165, 1.54) is 41.5 Å². The van der Waals surface area contributed by atoms with Gasteiger partial charge >= 0.3 is 0 Å². The van der Waals surface area contributed by atoms with E-state index in [1.807, 2.05) is 36.4 Å². The number of aliphatic hydroxyl groups excluding tert-OH is 1. The molecule has 4 rings (SSSR count). The van der Waals surface area contributed by atoms with Gasteiger partial charge in [-0.25, -0.2) is 0 Å². The van der Waals surface area contributed by atoms with E-state index in [9.17, 15) is 10.2 Å². The number of nitrogens with zero attached hydrogens (tertiary/aromatic N) is 1. The number of aryl methyl sites for hydroxylation is 2. The van der Waals surface area contributed by atoms with Crippen molar-refractivity contribution in [3.63, 3.8) is 0 Å². The molecular weight excluding hydrogens is 464 g/mol. The van der Waals surface area contributed by atoms with E-state index in [-0.39, 0.29) is 6.61 Å². The first-order chi connectivity index (χ1) is 18.1. The lowest BCUT2D eigenvalue weighted by Gasteiger charge is -2.24. The number of hydrogen-bond acceptors (Lipinski definition) is 6. The Labute approximate surface area is 221 Å². The number of fused-ring (bicyclic) bond motifs is 1. The third-order valence-corrected chi connectivity index (χ3v) is 6.59. The molecule has 0 bridgehead atoms. The summed E-state index contributed by atoms with van der Waals surface area (Å²) in [5.41, 5.74) is 6.35. The van der Waals surface area contributed by atoms with Crippen LogP contribution < -0.4 is 15.0 Å². The van der Waals surface area contributed by atoms with Crippen molar-refractivity contribution in [1.29, 1.82) is 0 Å². The number of anilines is 1. The van der Waals surface area contributed by atoms with Crippen LogP contribution in [0.3, 0.4) is 0 Å². The number of phenolic OH excluding ortho intramolecular Hbond substituents is 1. The number of ether oxygens (including phenoxy) is 2. The fourth-order valence-electron chi connectivity index (χ4n) is 4.51. The number of phenols is 1. The van der Waals surface area contributed by atoms with Gasteiger partial charge in [-0.3, -0.25) is 0 Å². The van der Waals surface area contributed by atoms with Crippen LogP contribution in [0.15, 0.2) is 66.7 Å². The van der Waals surface area contributed by atoms with E-state index < -0.39 is 0 Å². The topological polar surface area (TPSA) is 74.2 Å². The zero-order chi connectivity index (χ0) is 26.3. The monoisotopic (exact) mass is 506 g/mol. The van der Waals surface area contributed by atoms with Crippen LogP contribution in [-0.4, -0.2) is 57.3 Å². The lowest BCUT2D eigenvalue weighted by Crippen LogP contribution is -2.26. The van der Waals surface area contributed by atoms with Crippen molar-refractivity contribution in [2.75, 3.05) is 52.0 Å². The Morgan fingerprint density at radius 1 is 0.865 bits per heavy atom. The highest BCUT2D eigenvalue weighted by Gasteiger charge is 2.09. The van der Waals surface area contributed by atoms with E-state index in [0.717, 1.165) is 50.5 Å². The Morgan fingerprint density at radius 3 is 2.35 bits per heavy atom. The summed E-state index contributed by atoms with van der Waals surface area (Å²) in [6.07, 6.45) is 5.91. The molecule has 37 heavy (non-hydrogen) atoms. The Hall–Kier alpha value is -3.06. The molecule has 1 aliphatic carbocycles. The van der Waals surface area contributed by atoms with Crippen molar-refractivity contribution in [1.82, 2.24) is 5.32 Å². The number of aromatic hydroxyl groups is 1. The average Bonchev–Trinajstić information content (AvgIpc) is 2.94. The molecule has 0 atom stereocenters. The molecule has 0 aromatic heterocycles. The second kappa shape index (κ2) is 15.9. The number of methoxy groups -OCH3 is 2. The van der Waals surface area contributed by atoms with Gasteiger partial charge in [0.15, 0.2) is 0 Å². The van der Waals surface area contributed by atoms with Gasteiger partial charge in [0.25, 0.3) is 0 Å². The Balaban J connectivity index is 0.000000284. The van der Waals surface area contributed by atoms with Crippen LogP contribution in [0.2, 0.25) is 0 Å². The van der Waals surface area contributed by atoms with Crippen molar-refractivity contribution in [2.45, 2.75) is 38.6 Å². The molecule has 1 aliphatic rings. The van der Waals surface area contributed by atoms with Crippen LogP contribution in [0.1, 0.15) is 35.1 Å². The number of rotatable bonds is 12. The molecule has 0 radical (unpaired) electrons. The molecular formula is C31H42N2O4. The van der Waals surface area contributed by atoms with Gasteiger partial charge in [-0.15, -0.1) is 0 Å². The van der Waals surface area contributed by atoms with Gasteiger partial charge in [-0.1, -0.05) is 36.4 Å². The largest absolute Gasteiger partial charge is 0.508 e. The van der Waals surface area contributed by atoms with Crippen molar-refractivity contribution < 1.29 is 19.7 Å². The summed E-state index contributed by atoms with van der Waals surface area (Å²) in [5, 5.41) is 22.0. The molecule has 6 heteroatoms. The van der Waals surface area contributed by atoms with Gasteiger partial charge in [0.05, 0.1) is 20.3 Å². The van der Waals surface area contributed by atoms with Crippen molar-refractivity contribution in [3.05, 3.63) is 89.0 Å². The molecule has 0 unspecified atom stereocenters. The highest BCUT2D eigenvalue weighted by atomic mass is 16.5. The smallest absolute Gasteiger partial charge is 0.120 e. The predicted molar refractivity (Wildman–Crippen MR) is 151 cm³/mol. The van der Waals surface area contributed by atoms with Crippen molar-refractivity contribution in [3.8, 4) is 11.5 Å². The molecule has 0 amide bonds. The SMILES string of the molecule is COCCNCCc1ccc(CN(CCO)c2cccc(OC)c2)cc1.Oc1ccc2c(c1)CCCC2. The van der Waals surface area contributed by atoms with Crippen molar-refractivity contribution >= 4 is 5.69 Å². The number of hydrogen-bond donors (Lipinski definition) is 3. The van der Waals surface area contributed by atoms with Gasteiger partial charge in [0.1, 0.15) is 11.5 Å².